The Kier molecular flexibility index (Phi) is 7.08. The predicted octanol–water partition coefficient (Wildman–Crippen LogP) is 6.23. The van der Waals surface area contributed by atoms with Crippen LogP contribution in [0.4, 0.5) is 5.69 Å². The third kappa shape index (κ3) is 4.81. The van der Waals surface area contributed by atoms with Gasteiger partial charge in [-0.15, -0.1) is 0 Å². The Balaban J connectivity index is 1.98. The van der Waals surface area contributed by atoms with E-state index in [0.29, 0.717) is 21.2 Å². The number of esters is 1. The van der Waals surface area contributed by atoms with Crippen LogP contribution >= 0.6 is 35.0 Å². The van der Waals surface area contributed by atoms with E-state index in [9.17, 15) is 9.59 Å². The Morgan fingerprint density at radius 1 is 0.900 bits per heavy atom. The van der Waals surface area contributed by atoms with Crippen LogP contribution in [0, 0.1) is 0 Å². The predicted molar refractivity (Wildman–Crippen MR) is 123 cm³/mol. The molecule has 0 saturated carbocycles. The first-order valence-electron chi connectivity index (χ1n) is 8.98. The van der Waals surface area contributed by atoms with Gasteiger partial charge in [0.1, 0.15) is 0 Å². The zero-order chi connectivity index (χ0) is 21.8. The minimum absolute atomic E-state index is 0.241. The van der Waals surface area contributed by atoms with Crippen LogP contribution in [0.15, 0.2) is 70.5 Å². The van der Waals surface area contributed by atoms with Gasteiger partial charge < -0.3 is 9.64 Å². The molecule has 0 amide bonds. The van der Waals surface area contributed by atoms with Gasteiger partial charge in [-0.25, -0.2) is 4.79 Å². The first kappa shape index (κ1) is 22.2. The number of hydrogen-bond donors (Lipinski definition) is 0. The fraction of sp³-hybridized carbons (Fsp3) is 0.130. The summed E-state index contributed by atoms with van der Waals surface area (Å²) in [4.78, 5) is 29.0. The average Bonchev–Trinajstić information content (AvgIpc) is 2.75. The Morgan fingerprint density at radius 3 is 2.23 bits per heavy atom. The minimum atomic E-state index is -0.543. The number of carbonyl (C=O) groups excluding carboxylic acids is 2. The molecule has 0 fully saturated rings. The van der Waals surface area contributed by atoms with Gasteiger partial charge in [-0.3, -0.25) is 4.79 Å². The van der Waals surface area contributed by atoms with Gasteiger partial charge in [0.2, 0.25) is 0 Å². The van der Waals surface area contributed by atoms with Gasteiger partial charge in [-0.05, 0) is 42.5 Å². The number of carbonyl (C=O) groups is 2. The maximum Gasteiger partial charge on any atom is 0.338 e. The number of ether oxygens (including phenoxy) is 1. The summed E-state index contributed by atoms with van der Waals surface area (Å²) in [5.41, 5.74) is 1.89. The van der Waals surface area contributed by atoms with E-state index in [1.54, 1.807) is 42.5 Å². The number of methoxy groups -OCH3 is 1. The van der Waals surface area contributed by atoms with E-state index in [0.717, 1.165) is 15.5 Å². The molecule has 3 rings (SSSR count). The number of anilines is 1. The van der Waals surface area contributed by atoms with E-state index < -0.39 is 5.97 Å². The molecule has 0 aliphatic rings. The fourth-order valence-corrected chi connectivity index (χ4v) is 4.30. The number of hydrogen-bond acceptors (Lipinski definition) is 5. The number of nitrogens with zero attached hydrogens (tertiary/aromatic N) is 1. The quantitative estimate of drug-likeness (QED) is 0.323. The van der Waals surface area contributed by atoms with Gasteiger partial charge in [0.25, 0.3) is 0 Å². The highest BCUT2D eigenvalue weighted by atomic mass is 35.5. The molecule has 0 radical (unpaired) electrons. The standard InChI is InChI=1S/C23H19Cl2NO3S/c1-26(2)20-12-14(22(27)16-6-4-5-7-17(16)23(28)29-3)8-11-21(20)30-15-9-10-18(24)19(25)13-15/h4-13H,1-3H3. The van der Waals surface area contributed by atoms with Crippen molar-refractivity contribution >= 4 is 52.4 Å². The lowest BCUT2D eigenvalue weighted by atomic mass is 9.98. The molecule has 3 aromatic rings. The maximum absolute atomic E-state index is 13.1. The zero-order valence-electron chi connectivity index (χ0n) is 16.6. The molecule has 154 valence electrons. The molecule has 0 aliphatic heterocycles. The van der Waals surface area contributed by atoms with Crippen LogP contribution in [0.5, 0.6) is 0 Å². The van der Waals surface area contributed by atoms with Gasteiger partial charge in [-0.1, -0.05) is 53.2 Å². The Labute approximate surface area is 189 Å². The lowest BCUT2D eigenvalue weighted by molar-refractivity contribution is 0.0597. The Morgan fingerprint density at radius 2 is 1.60 bits per heavy atom. The van der Waals surface area contributed by atoms with E-state index in [1.165, 1.54) is 18.9 Å². The third-order valence-electron chi connectivity index (χ3n) is 4.40. The largest absolute Gasteiger partial charge is 0.465 e. The second-order valence-electron chi connectivity index (χ2n) is 6.62. The van der Waals surface area contributed by atoms with Crippen molar-refractivity contribution in [3.05, 3.63) is 87.4 Å². The SMILES string of the molecule is COC(=O)c1ccccc1C(=O)c1ccc(Sc2ccc(Cl)c(Cl)c2)c(N(C)C)c1. The molecular formula is C23H19Cl2NO3S. The van der Waals surface area contributed by atoms with Crippen LogP contribution < -0.4 is 4.90 Å². The summed E-state index contributed by atoms with van der Waals surface area (Å²) >= 11 is 13.7. The molecule has 0 aliphatic carbocycles. The molecule has 0 aromatic heterocycles. The van der Waals surface area contributed by atoms with Crippen LogP contribution in [0.2, 0.25) is 10.0 Å². The third-order valence-corrected chi connectivity index (χ3v) is 6.19. The molecule has 0 atom stereocenters. The fourth-order valence-electron chi connectivity index (χ4n) is 2.89. The van der Waals surface area contributed by atoms with Crippen molar-refractivity contribution in [2.45, 2.75) is 9.79 Å². The smallest absolute Gasteiger partial charge is 0.338 e. The molecule has 0 spiro atoms. The van der Waals surface area contributed by atoms with E-state index in [-0.39, 0.29) is 11.3 Å². The lowest BCUT2D eigenvalue weighted by Gasteiger charge is -2.18. The Hall–Kier alpha value is -2.47. The van der Waals surface area contributed by atoms with Crippen molar-refractivity contribution in [3.63, 3.8) is 0 Å². The second kappa shape index (κ2) is 9.56. The van der Waals surface area contributed by atoms with E-state index >= 15 is 0 Å². The second-order valence-corrected chi connectivity index (χ2v) is 8.55. The van der Waals surface area contributed by atoms with Crippen molar-refractivity contribution < 1.29 is 14.3 Å². The molecule has 0 N–H and O–H groups in total. The number of halogens is 2. The monoisotopic (exact) mass is 459 g/mol. The normalized spacial score (nSPS) is 10.6. The molecule has 0 saturated heterocycles. The van der Waals surface area contributed by atoms with Crippen LogP contribution in [-0.4, -0.2) is 33.0 Å². The molecular weight excluding hydrogens is 441 g/mol. The summed E-state index contributed by atoms with van der Waals surface area (Å²) in [5, 5.41) is 0.985. The molecule has 3 aromatic carbocycles. The molecule has 4 nitrogen and oxygen atoms in total. The van der Waals surface area contributed by atoms with Crippen LogP contribution in [0.3, 0.4) is 0 Å². The molecule has 7 heteroatoms. The summed E-state index contributed by atoms with van der Waals surface area (Å²) in [5.74, 6) is -0.788. The first-order valence-corrected chi connectivity index (χ1v) is 10.6. The van der Waals surface area contributed by atoms with Gasteiger partial charge >= 0.3 is 5.97 Å². The van der Waals surface area contributed by atoms with E-state index in [1.807, 2.05) is 37.2 Å². The average molecular weight is 460 g/mol. The summed E-state index contributed by atoms with van der Waals surface area (Å²) in [7, 11) is 5.11. The molecule has 0 heterocycles. The van der Waals surface area contributed by atoms with E-state index in [4.69, 9.17) is 27.9 Å². The first-order chi connectivity index (χ1) is 14.3. The topological polar surface area (TPSA) is 46.6 Å². The number of rotatable bonds is 6. The molecule has 0 unspecified atom stereocenters. The van der Waals surface area contributed by atoms with Gasteiger partial charge in [-0.2, -0.15) is 0 Å². The van der Waals surface area contributed by atoms with Crippen molar-refractivity contribution in [3.8, 4) is 0 Å². The lowest BCUT2D eigenvalue weighted by Crippen LogP contribution is -2.14. The van der Waals surface area contributed by atoms with Crippen molar-refractivity contribution in [2.75, 3.05) is 26.1 Å². The van der Waals surface area contributed by atoms with Crippen LogP contribution in [0.1, 0.15) is 26.3 Å². The number of ketones is 1. The highest BCUT2D eigenvalue weighted by molar-refractivity contribution is 7.99. The van der Waals surface area contributed by atoms with Gasteiger partial charge in [0.05, 0.1) is 28.4 Å². The summed E-state index contributed by atoms with van der Waals surface area (Å²) in [6.07, 6.45) is 0. The maximum atomic E-state index is 13.1. The number of benzene rings is 3. The van der Waals surface area contributed by atoms with Crippen molar-refractivity contribution in [1.82, 2.24) is 0 Å². The highest BCUT2D eigenvalue weighted by Gasteiger charge is 2.20. The van der Waals surface area contributed by atoms with Gasteiger partial charge in [0.15, 0.2) is 5.78 Å². The summed E-state index contributed by atoms with van der Waals surface area (Å²) in [6, 6.07) is 17.5. The van der Waals surface area contributed by atoms with Gasteiger partial charge in [0, 0.05) is 35.0 Å². The van der Waals surface area contributed by atoms with E-state index in [2.05, 4.69) is 0 Å². The van der Waals surface area contributed by atoms with Crippen LogP contribution in [-0.2, 0) is 4.74 Å². The zero-order valence-corrected chi connectivity index (χ0v) is 18.9. The summed E-state index contributed by atoms with van der Waals surface area (Å²) < 4.78 is 4.81. The molecule has 0 bridgehead atoms. The van der Waals surface area contributed by atoms with Crippen molar-refractivity contribution in [1.29, 1.82) is 0 Å². The Bertz CT molecular complexity index is 1120. The molecule has 30 heavy (non-hydrogen) atoms. The van der Waals surface area contributed by atoms with Crippen molar-refractivity contribution in [2.24, 2.45) is 0 Å². The summed E-state index contributed by atoms with van der Waals surface area (Å²) in [6.45, 7) is 0. The van der Waals surface area contributed by atoms with Crippen LogP contribution in [0.25, 0.3) is 0 Å². The minimum Gasteiger partial charge on any atom is -0.465 e. The highest BCUT2D eigenvalue weighted by Crippen LogP contribution is 2.38.